The molecule has 2 nitrogen and oxygen atoms in total. The lowest BCUT2D eigenvalue weighted by Gasteiger charge is -2.20. The molecule has 5 heteroatoms. The van der Waals surface area contributed by atoms with Crippen LogP contribution in [-0.4, -0.2) is 35.3 Å². The highest BCUT2D eigenvalue weighted by atomic mass is 32.2. The predicted octanol–water partition coefficient (Wildman–Crippen LogP) is 3.08. The molecule has 1 aliphatic rings. The Labute approximate surface area is 116 Å². The van der Waals surface area contributed by atoms with Gasteiger partial charge in [0.25, 0.3) is 0 Å². The molecule has 0 radical (unpaired) electrons. The van der Waals surface area contributed by atoms with Crippen molar-refractivity contribution in [1.29, 1.82) is 0 Å². The van der Waals surface area contributed by atoms with Crippen LogP contribution in [0.3, 0.4) is 0 Å². The largest absolute Gasteiger partial charge is 0.464 e. The molecule has 1 aromatic heterocycles. The molecule has 0 aromatic carbocycles. The molecule has 2 heterocycles. The van der Waals surface area contributed by atoms with Crippen molar-refractivity contribution >= 4 is 35.3 Å². The third-order valence-electron chi connectivity index (χ3n) is 2.56. The minimum atomic E-state index is 0.773. The van der Waals surface area contributed by atoms with Crippen LogP contribution in [0.1, 0.15) is 11.5 Å². The molecule has 1 atom stereocenters. The molecule has 96 valence electrons. The third-order valence-corrected chi connectivity index (χ3v) is 5.98. The van der Waals surface area contributed by atoms with Gasteiger partial charge in [0, 0.05) is 29.1 Å². The smallest absolute Gasteiger partial charge is 0.118 e. The predicted molar refractivity (Wildman–Crippen MR) is 81.2 cm³/mol. The van der Waals surface area contributed by atoms with E-state index in [1.54, 1.807) is 11.8 Å². The van der Waals surface area contributed by atoms with Crippen molar-refractivity contribution in [2.24, 2.45) is 0 Å². The first kappa shape index (κ1) is 13.7. The van der Waals surface area contributed by atoms with Gasteiger partial charge in [-0.25, -0.2) is 0 Å². The summed E-state index contributed by atoms with van der Waals surface area (Å²) in [5.74, 6) is 7.01. The molecule has 1 unspecified atom stereocenters. The summed E-state index contributed by atoms with van der Waals surface area (Å²) in [4.78, 5) is 0. The number of furan rings is 1. The molecule has 0 saturated carbocycles. The van der Waals surface area contributed by atoms with Crippen molar-refractivity contribution in [3.63, 3.8) is 0 Å². The summed E-state index contributed by atoms with van der Waals surface area (Å²) in [6.07, 6.45) is 2.10. The number of thioether (sulfide) groups is 3. The van der Waals surface area contributed by atoms with Crippen LogP contribution in [0.4, 0.5) is 0 Å². The Balaban J connectivity index is 1.66. The number of hydrogen-bond donors (Lipinski definition) is 1. The lowest BCUT2D eigenvalue weighted by molar-refractivity contribution is 0.460. The van der Waals surface area contributed by atoms with Crippen LogP contribution in [-0.2, 0) is 12.3 Å². The highest BCUT2D eigenvalue weighted by Gasteiger charge is 2.13. The summed E-state index contributed by atoms with van der Waals surface area (Å²) in [5, 5.41) is 4.26. The minimum absolute atomic E-state index is 0.773. The van der Waals surface area contributed by atoms with Gasteiger partial charge in [0.1, 0.15) is 11.5 Å². The van der Waals surface area contributed by atoms with Gasteiger partial charge >= 0.3 is 0 Å². The molecule has 2 rings (SSSR count). The van der Waals surface area contributed by atoms with E-state index >= 15 is 0 Å². The lowest BCUT2D eigenvalue weighted by atomic mass is 10.4. The van der Waals surface area contributed by atoms with E-state index in [4.69, 9.17) is 4.42 Å². The van der Waals surface area contributed by atoms with Gasteiger partial charge in [0.15, 0.2) is 0 Å². The zero-order valence-corrected chi connectivity index (χ0v) is 12.6. The maximum atomic E-state index is 5.72. The maximum Gasteiger partial charge on any atom is 0.118 e. The molecule has 1 saturated heterocycles. The van der Waals surface area contributed by atoms with Gasteiger partial charge in [0.05, 0.1) is 12.3 Å². The van der Waals surface area contributed by atoms with Crippen molar-refractivity contribution in [3.8, 4) is 0 Å². The average Bonchev–Trinajstić information content (AvgIpc) is 2.79. The van der Waals surface area contributed by atoms with Crippen LogP contribution in [0, 0.1) is 0 Å². The van der Waals surface area contributed by atoms with E-state index in [1.807, 2.05) is 0 Å². The maximum absolute atomic E-state index is 5.72. The van der Waals surface area contributed by atoms with Gasteiger partial charge in [-0.1, -0.05) is 0 Å². The van der Waals surface area contributed by atoms with Crippen molar-refractivity contribution in [1.82, 2.24) is 5.32 Å². The monoisotopic (exact) mass is 289 g/mol. The molecule has 0 spiro atoms. The van der Waals surface area contributed by atoms with E-state index in [0.717, 1.165) is 35.6 Å². The molecule has 17 heavy (non-hydrogen) atoms. The highest BCUT2D eigenvalue weighted by Crippen LogP contribution is 2.23. The van der Waals surface area contributed by atoms with Crippen molar-refractivity contribution in [2.75, 3.05) is 30.1 Å². The van der Waals surface area contributed by atoms with E-state index in [2.05, 4.69) is 47.2 Å². The van der Waals surface area contributed by atoms with Crippen molar-refractivity contribution in [2.45, 2.75) is 17.5 Å². The van der Waals surface area contributed by atoms with Crippen LogP contribution in [0.15, 0.2) is 16.5 Å². The Bertz CT molecular complexity index is 323. The lowest BCUT2D eigenvalue weighted by Crippen LogP contribution is -2.28. The molecule has 1 aromatic rings. The van der Waals surface area contributed by atoms with Crippen LogP contribution >= 0.6 is 35.3 Å². The first-order chi connectivity index (χ1) is 8.38. The van der Waals surface area contributed by atoms with Gasteiger partial charge in [-0.15, -0.1) is 0 Å². The average molecular weight is 289 g/mol. The van der Waals surface area contributed by atoms with Crippen LogP contribution in [0.2, 0.25) is 0 Å². The molecule has 1 fully saturated rings. The normalized spacial score (nSPS) is 20.6. The molecule has 0 amide bonds. The minimum Gasteiger partial charge on any atom is -0.464 e. The fourth-order valence-corrected chi connectivity index (χ4v) is 4.83. The van der Waals surface area contributed by atoms with Gasteiger partial charge in [-0.2, -0.15) is 35.3 Å². The van der Waals surface area contributed by atoms with Gasteiger partial charge in [0.2, 0.25) is 0 Å². The molecular formula is C12H19NOS3. The molecule has 0 aliphatic carbocycles. The zero-order chi connectivity index (χ0) is 11.9. The third kappa shape index (κ3) is 4.81. The second-order valence-electron chi connectivity index (χ2n) is 4.00. The van der Waals surface area contributed by atoms with Gasteiger partial charge < -0.3 is 9.73 Å². The fraction of sp³-hybridized carbons (Fsp3) is 0.667. The first-order valence-electron chi connectivity index (χ1n) is 5.85. The quantitative estimate of drug-likeness (QED) is 0.868. The Morgan fingerprint density at radius 3 is 3.06 bits per heavy atom. The Kier molecular flexibility index (Phi) is 6.18. The summed E-state index contributed by atoms with van der Waals surface area (Å²) in [6.45, 7) is 1.95. The summed E-state index contributed by atoms with van der Waals surface area (Å²) in [5.41, 5.74) is 0. The van der Waals surface area contributed by atoms with Gasteiger partial charge in [-0.05, 0) is 18.4 Å². The summed E-state index contributed by atoms with van der Waals surface area (Å²) in [7, 11) is 0. The van der Waals surface area contributed by atoms with Gasteiger partial charge in [-0.3, -0.25) is 0 Å². The summed E-state index contributed by atoms with van der Waals surface area (Å²) >= 11 is 5.96. The Morgan fingerprint density at radius 1 is 1.41 bits per heavy atom. The topological polar surface area (TPSA) is 25.2 Å². The summed E-state index contributed by atoms with van der Waals surface area (Å²) in [6, 6.07) is 4.17. The molecule has 1 aliphatic heterocycles. The van der Waals surface area contributed by atoms with E-state index in [1.165, 1.54) is 17.3 Å². The second kappa shape index (κ2) is 7.67. The Hall–Kier alpha value is 0.290. The van der Waals surface area contributed by atoms with Crippen LogP contribution < -0.4 is 5.32 Å². The van der Waals surface area contributed by atoms with Crippen molar-refractivity contribution in [3.05, 3.63) is 23.7 Å². The second-order valence-corrected chi connectivity index (χ2v) is 7.42. The summed E-state index contributed by atoms with van der Waals surface area (Å²) < 4.78 is 5.72. The zero-order valence-electron chi connectivity index (χ0n) is 10.1. The number of nitrogens with one attached hydrogen (secondary N) is 1. The highest BCUT2D eigenvalue weighted by molar-refractivity contribution is 8.06. The van der Waals surface area contributed by atoms with E-state index in [9.17, 15) is 0 Å². The van der Waals surface area contributed by atoms with Crippen LogP contribution in [0.25, 0.3) is 0 Å². The first-order valence-corrected chi connectivity index (χ1v) is 9.45. The van der Waals surface area contributed by atoms with Crippen LogP contribution in [0.5, 0.6) is 0 Å². The van der Waals surface area contributed by atoms with E-state index in [-0.39, 0.29) is 0 Å². The fourth-order valence-electron chi connectivity index (χ4n) is 1.75. The SMILES string of the molecule is CSCc1ccc(CNCC2CSCCS2)o1. The Morgan fingerprint density at radius 2 is 2.29 bits per heavy atom. The number of rotatable bonds is 6. The van der Waals surface area contributed by atoms with E-state index < -0.39 is 0 Å². The molecule has 1 N–H and O–H groups in total. The standard InChI is InChI=1S/C12H19NOS3/c1-15-8-11-3-2-10(14-11)6-13-7-12-9-16-4-5-17-12/h2-3,12-13H,4-9H2,1H3. The number of hydrogen-bond acceptors (Lipinski definition) is 5. The van der Waals surface area contributed by atoms with Crippen molar-refractivity contribution < 1.29 is 4.42 Å². The molecule has 0 bridgehead atoms. The molecular weight excluding hydrogens is 270 g/mol. The van der Waals surface area contributed by atoms with E-state index in [0.29, 0.717) is 0 Å².